The fourth-order valence-electron chi connectivity index (χ4n) is 11.7. The van der Waals surface area contributed by atoms with Gasteiger partial charge in [0.1, 0.15) is 11.9 Å². The van der Waals surface area contributed by atoms with Gasteiger partial charge in [0.15, 0.2) is 5.79 Å². The number of unbranched alkanes of at least 4 members (excludes halogenated alkanes) is 1. The van der Waals surface area contributed by atoms with Gasteiger partial charge in [-0.2, -0.15) is 0 Å². The molecule has 0 saturated carbocycles. The molecular weight excluding hydrogens is 870 g/mol. The van der Waals surface area contributed by atoms with E-state index in [1.54, 1.807) is 32.9 Å². The topological polar surface area (TPSA) is 198 Å². The molecule has 5 aliphatic rings. The van der Waals surface area contributed by atoms with Gasteiger partial charge in [0, 0.05) is 36.6 Å². The first-order valence-electron chi connectivity index (χ1n) is 25.6. The maximum absolute atomic E-state index is 14.7. The first kappa shape index (κ1) is 55.6. The number of aliphatic hydroxyl groups excluding tert-OH is 2. The van der Waals surface area contributed by atoms with E-state index in [1.807, 2.05) is 41.5 Å². The molecule has 66 heavy (non-hydrogen) atoms. The summed E-state index contributed by atoms with van der Waals surface area (Å²) >= 11 is 0. The van der Waals surface area contributed by atoms with E-state index in [-0.39, 0.29) is 79.6 Å². The summed E-state index contributed by atoms with van der Waals surface area (Å²) in [7, 11) is -3.58. The van der Waals surface area contributed by atoms with Gasteiger partial charge in [-0.25, -0.2) is 4.57 Å². The Morgan fingerprint density at radius 3 is 2.17 bits per heavy atom. The number of hydrogen-bond acceptors (Lipinski definition) is 14. The second kappa shape index (κ2) is 23.3. The molecule has 0 aromatic rings. The van der Waals surface area contributed by atoms with Crippen molar-refractivity contribution in [1.82, 2.24) is 5.32 Å². The van der Waals surface area contributed by atoms with E-state index >= 15 is 0 Å². The zero-order valence-corrected chi connectivity index (χ0v) is 43.2. The number of nitrogens with one attached hydrogen (secondary N) is 1. The minimum atomic E-state index is -3.58. The van der Waals surface area contributed by atoms with Crippen LogP contribution in [0, 0.1) is 41.4 Å². The molecule has 2 spiro atoms. The Kier molecular flexibility index (Phi) is 19.6. The number of amides is 1. The summed E-state index contributed by atoms with van der Waals surface area (Å²) in [5.41, 5.74) is -1.66. The number of rotatable bonds is 22. The van der Waals surface area contributed by atoms with Crippen LogP contribution in [0.5, 0.6) is 0 Å². The SMILES string of the molecule is CCOP(=O)(OCC)OCCCCNC(=O)[C@@H](CC)[C@H]1CC[C@H](C)[C@H]([C@@H](C)[C@H](O)[C@H](C)C(=O)[C@H](CC)[C@H]2O[C@]3(C=C[C@@H](O)[C@]4(CC[C@@](C)([C@H]5CC[C@](O)(CC)[C@H](C)O5)O4)O3)[C@H](C)C[C@@H]2C)O1. The van der Waals surface area contributed by atoms with Crippen LogP contribution in [0.4, 0.5) is 0 Å². The summed E-state index contributed by atoms with van der Waals surface area (Å²) in [5, 5.41) is 37.7. The maximum Gasteiger partial charge on any atom is 0.474 e. The van der Waals surface area contributed by atoms with Gasteiger partial charge >= 0.3 is 7.82 Å². The Hall–Kier alpha value is -1.33. The third-order valence-electron chi connectivity index (χ3n) is 16.2. The third kappa shape index (κ3) is 12.0. The highest BCUT2D eigenvalue weighted by atomic mass is 31.2. The van der Waals surface area contributed by atoms with Crippen LogP contribution in [0.2, 0.25) is 0 Å². The average Bonchev–Trinajstić information content (AvgIpc) is 3.63. The van der Waals surface area contributed by atoms with E-state index in [1.165, 1.54) is 0 Å². The first-order chi connectivity index (χ1) is 31.1. The van der Waals surface area contributed by atoms with Crippen LogP contribution in [0.3, 0.4) is 0 Å². The molecule has 0 bridgehead atoms. The molecule has 0 unspecified atom stereocenters. The van der Waals surface area contributed by atoms with Crippen molar-refractivity contribution in [3.05, 3.63) is 12.2 Å². The van der Waals surface area contributed by atoms with Gasteiger partial charge in [-0.15, -0.1) is 0 Å². The van der Waals surface area contributed by atoms with Crippen LogP contribution in [0.25, 0.3) is 0 Å². The number of hydrogen-bond donors (Lipinski definition) is 4. The Balaban J connectivity index is 1.20. The third-order valence-corrected chi connectivity index (χ3v) is 17.8. The molecule has 4 N–H and O–H groups in total. The molecule has 0 aromatic carbocycles. The molecule has 0 aliphatic carbocycles. The van der Waals surface area contributed by atoms with Gasteiger partial charge in [-0.1, -0.05) is 55.4 Å². The zero-order chi connectivity index (χ0) is 48.8. The lowest BCUT2D eigenvalue weighted by molar-refractivity contribution is -0.409. The van der Waals surface area contributed by atoms with Crippen LogP contribution < -0.4 is 5.32 Å². The van der Waals surface area contributed by atoms with Crippen LogP contribution in [-0.4, -0.2) is 119 Å². The van der Waals surface area contributed by atoms with Gasteiger partial charge in [-0.05, 0) is 122 Å². The van der Waals surface area contributed by atoms with Crippen molar-refractivity contribution in [2.75, 3.05) is 26.4 Å². The van der Waals surface area contributed by atoms with Crippen LogP contribution in [-0.2, 0) is 51.4 Å². The second-order valence-corrected chi connectivity index (χ2v) is 22.4. The normalized spacial score (nSPS) is 39.7. The lowest BCUT2D eigenvalue weighted by Gasteiger charge is -2.54. The van der Waals surface area contributed by atoms with Crippen molar-refractivity contribution in [2.24, 2.45) is 41.4 Å². The van der Waals surface area contributed by atoms with E-state index in [0.717, 1.165) is 6.42 Å². The maximum atomic E-state index is 14.7. The standard InChI is InChI=1S/C50H88NO14P/c1-13-37(46(55)51-28-18-19-29-60-66(57,58-16-4)59-17-5)39-21-20-31(6)44(62-39)35(10)42(53)34(9)43(54)38(14-2)45-32(7)30-33(8)49(63-45)25-22-40(52)50(65-49)27-26-47(12,64-50)41-23-24-48(56,15-3)36(11)61-41/h22,25,31-42,44-45,52-53,56H,13-21,23-24,26-30H2,1-12H3,(H,51,55)/t31-,32-,33+,34-,35-,36-,37-,38-,39+,40+,41+,42+,44+,45-,47-,48+,49-,50-/m0/s1. The fraction of sp³-hybridized carbons (Fsp3) is 0.920. The number of ether oxygens (including phenoxy) is 5. The molecular formula is C50H88NO14P. The lowest BCUT2D eigenvalue weighted by Crippen LogP contribution is -2.63. The Labute approximate surface area is 396 Å². The van der Waals surface area contributed by atoms with E-state index in [0.29, 0.717) is 77.2 Å². The molecule has 18 atom stereocenters. The minimum Gasteiger partial charge on any atom is -0.392 e. The molecule has 0 radical (unpaired) electrons. The lowest BCUT2D eigenvalue weighted by atomic mass is 9.72. The monoisotopic (exact) mass is 958 g/mol. The summed E-state index contributed by atoms with van der Waals surface area (Å²) in [6.07, 6.45) is 6.87. The van der Waals surface area contributed by atoms with E-state index < -0.39 is 66.7 Å². The summed E-state index contributed by atoms with van der Waals surface area (Å²) in [6, 6.07) is 0. The Morgan fingerprint density at radius 2 is 1.55 bits per heavy atom. The molecule has 4 saturated heterocycles. The highest BCUT2D eigenvalue weighted by Crippen LogP contribution is 2.54. The molecule has 15 nitrogen and oxygen atoms in total. The predicted molar refractivity (Wildman–Crippen MR) is 250 cm³/mol. The molecule has 0 aromatic heterocycles. The fourth-order valence-corrected chi connectivity index (χ4v) is 12.9. The number of phosphoric ester groups is 1. The van der Waals surface area contributed by atoms with Crippen molar-refractivity contribution >= 4 is 19.5 Å². The number of phosphoric acid groups is 1. The van der Waals surface area contributed by atoms with Gasteiger partial charge in [0.2, 0.25) is 11.7 Å². The summed E-state index contributed by atoms with van der Waals surface area (Å²) in [5.74, 6) is -4.89. The van der Waals surface area contributed by atoms with Crippen LogP contribution in [0.1, 0.15) is 160 Å². The van der Waals surface area contributed by atoms with Crippen LogP contribution in [0.15, 0.2) is 12.2 Å². The average molecular weight is 958 g/mol. The van der Waals surface area contributed by atoms with Crippen molar-refractivity contribution in [1.29, 1.82) is 0 Å². The largest absolute Gasteiger partial charge is 0.474 e. The molecule has 382 valence electrons. The Bertz CT molecular complexity index is 1660. The summed E-state index contributed by atoms with van der Waals surface area (Å²) < 4.78 is 62.3. The number of ketones is 1. The molecule has 4 fully saturated rings. The van der Waals surface area contributed by atoms with Crippen molar-refractivity contribution < 1.29 is 66.7 Å². The second-order valence-electron chi connectivity index (χ2n) is 20.7. The van der Waals surface area contributed by atoms with Crippen molar-refractivity contribution in [3.63, 3.8) is 0 Å². The van der Waals surface area contributed by atoms with Crippen molar-refractivity contribution in [3.8, 4) is 0 Å². The zero-order valence-electron chi connectivity index (χ0n) is 42.3. The van der Waals surface area contributed by atoms with E-state index in [9.17, 15) is 29.5 Å². The predicted octanol–water partition coefficient (Wildman–Crippen LogP) is 8.20. The number of carbonyl (C=O) groups is 2. The Morgan fingerprint density at radius 1 is 0.864 bits per heavy atom. The van der Waals surface area contributed by atoms with Crippen LogP contribution >= 0.6 is 7.82 Å². The number of carbonyl (C=O) groups excluding carboxylic acids is 2. The van der Waals surface area contributed by atoms with Gasteiger partial charge in [0.05, 0.1) is 73.6 Å². The molecule has 5 aliphatic heterocycles. The van der Waals surface area contributed by atoms with Crippen molar-refractivity contribution in [2.45, 2.75) is 226 Å². The van der Waals surface area contributed by atoms with E-state index in [2.05, 4.69) is 26.1 Å². The number of aliphatic hydroxyl groups is 3. The first-order valence-corrected chi connectivity index (χ1v) is 27.1. The molecule has 1 amide bonds. The van der Waals surface area contributed by atoms with Gasteiger partial charge < -0.3 is 44.3 Å². The highest BCUT2D eigenvalue weighted by Gasteiger charge is 2.63. The smallest absolute Gasteiger partial charge is 0.392 e. The molecule has 16 heteroatoms. The summed E-state index contributed by atoms with van der Waals surface area (Å²) in [4.78, 5) is 28.2. The highest BCUT2D eigenvalue weighted by molar-refractivity contribution is 7.48. The van der Waals surface area contributed by atoms with Gasteiger partial charge in [-0.3, -0.25) is 23.2 Å². The minimum absolute atomic E-state index is 0.00219. The number of Topliss-reactive ketones (excluding diaryl/α,β-unsaturated/α-hetero) is 1. The van der Waals surface area contributed by atoms with E-state index in [4.69, 9.17) is 37.3 Å². The molecule has 5 heterocycles. The summed E-state index contributed by atoms with van der Waals surface area (Å²) in [6.45, 7) is 24.3. The van der Waals surface area contributed by atoms with Gasteiger partial charge in [0.25, 0.3) is 0 Å². The molecule has 5 rings (SSSR count). The quantitative estimate of drug-likeness (QED) is 0.0460.